The van der Waals surface area contributed by atoms with Crippen LogP contribution >= 0.6 is 22.7 Å². The lowest BCUT2D eigenvalue weighted by atomic mass is 10.0. The van der Waals surface area contributed by atoms with Gasteiger partial charge >= 0.3 is 5.97 Å². The quantitative estimate of drug-likeness (QED) is 0.583. The molecule has 0 radical (unpaired) electrons. The van der Waals surface area contributed by atoms with Gasteiger partial charge in [0.05, 0.1) is 23.2 Å². The number of esters is 1. The van der Waals surface area contributed by atoms with E-state index in [4.69, 9.17) is 4.74 Å². The molecule has 1 aromatic carbocycles. The number of carbonyl (C=O) groups is 2. The first-order chi connectivity index (χ1) is 13.0. The fraction of sp³-hybridized carbons (Fsp3) is 0.350. The lowest BCUT2D eigenvalue weighted by Crippen LogP contribution is -2.23. The van der Waals surface area contributed by atoms with Crippen molar-refractivity contribution < 1.29 is 14.3 Å². The van der Waals surface area contributed by atoms with Crippen molar-refractivity contribution in [3.63, 3.8) is 0 Å². The lowest BCUT2D eigenvalue weighted by Gasteiger charge is -2.07. The molecule has 3 aromatic rings. The smallest absolute Gasteiger partial charge is 0.326 e. The lowest BCUT2D eigenvalue weighted by molar-refractivity contribution is -0.143. The molecule has 2 heterocycles. The van der Waals surface area contributed by atoms with Crippen LogP contribution in [0.2, 0.25) is 0 Å². The zero-order valence-electron chi connectivity index (χ0n) is 15.6. The van der Waals surface area contributed by atoms with Gasteiger partial charge < -0.3 is 9.30 Å². The van der Waals surface area contributed by atoms with Crippen LogP contribution in [0.25, 0.3) is 10.2 Å². The van der Waals surface area contributed by atoms with Gasteiger partial charge in [-0.1, -0.05) is 37.3 Å². The highest BCUT2D eigenvalue weighted by Gasteiger charge is 2.13. The average molecular weight is 403 g/mol. The summed E-state index contributed by atoms with van der Waals surface area (Å²) in [6.45, 7) is 6.41. The van der Waals surface area contributed by atoms with Crippen LogP contribution in [0.1, 0.15) is 37.1 Å². The fourth-order valence-electron chi connectivity index (χ4n) is 2.73. The Morgan fingerprint density at radius 1 is 1.26 bits per heavy atom. The molecule has 27 heavy (non-hydrogen) atoms. The minimum Gasteiger partial charge on any atom is -0.465 e. The number of fused-ring (bicyclic) bond motifs is 1. The molecule has 0 aliphatic carbocycles. The van der Waals surface area contributed by atoms with Crippen LogP contribution in [-0.4, -0.2) is 23.1 Å². The summed E-state index contributed by atoms with van der Waals surface area (Å²) >= 11 is 2.96. The second-order valence-corrected chi connectivity index (χ2v) is 8.46. The highest BCUT2D eigenvalue weighted by molar-refractivity contribution is 7.16. The molecule has 3 rings (SSSR count). The zero-order valence-corrected chi connectivity index (χ0v) is 17.2. The van der Waals surface area contributed by atoms with Crippen molar-refractivity contribution in [2.45, 2.75) is 39.7 Å². The Balaban J connectivity index is 2.03. The predicted octanol–water partition coefficient (Wildman–Crippen LogP) is 4.12. The number of thiophene rings is 1. The second kappa shape index (κ2) is 8.63. The third-order valence-corrected chi connectivity index (χ3v) is 6.01. The number of amides is 1. The molecular weight excluding hydrogens is 380 g/mol. The molecule has 0 saturated heterocycles. The normalized spacial score (nSPS) is 12.1. The molecule has 0 spiro atoms. The van der Waals surface area contributed by atoms with Crippen LogP contribution in [0.15, 0.2) is 40.7 Å². The van der Waals surface area contributed by atoms with E-state index in [1.807, 2.05) is 23.6 Å². The maximum atomic E-state index is 12.4. The van der Waals surface area contributed by atoms with Crippen LogP contribution in [0, 0.1) is 0 Å². The summed E-state index contributed by atoms with van der Waals surface area (Å²) in [5.41, 5.74) is 2.10. The molecule has 5 nitrogen and oxygen atoms in total. The molecule has 0 bridgehead atoms. The van der Waals surface area contributed by atoms with Gasteiger partial charge in [0.25, 0.3) is 5.91 Å². The van der Waals surface area contributed by atoms with Crippen LogP contribution in [0.4, 0.5) is 0 Å². The summed E-state index contributed by atoms with van der Waals surface area (Å²) in [5.74, 6) is -0.154. The minimum absolute atomic E-state index is 0.0416. The number of thiazole rings is 1. The molecule has 142 valence electrons. The Morgan fingerprint density at radius 2 is 2.07 bits per heavy atom. The van der Waals surface area contributed by atoms with Crippen molar-refractivity contribution in [3.05, 3.63) is 51.0 Å². The first-order valence-corrected chi connectivity index (χ1v) is 10.6. The third kappa shape index (κ3) is 4.73. The van der Waals surface area contributed by atoms with E-state index in [9.17, 15) is 9.59 Å². The van der Waals surface area contributed by atoms with Crippen molar-refractivity contribution in [1.82, 2.24) is 4.57 Å². The van der Waals surface area contributed by atoms with Gasteiger partial charge in [0.1, 0.15) is 6.54 Å². The highest BCUT2D eigenvalue weighted by Crippen LogP contribution is 2.23. The SMILES string of the molecule is CCOC(=O)Cn1c(=NC(=O)Cc2cccs2)sc2cc(C(C)C)ccc21. The number of ether oxygens (including phenoxy) is 1. The van der Waals surface area contributed by atoms with Crippen molar-refractivity contribution in [1.29, 1.82) is 0 Å². The summed E-state index contributed by atoms with van der Waals surface area (Å²) in [7, 11) is 0. The monoisotopic (exact) mass is 402 g/mol. The van der Waals surface area contributed by atoms with Gasteiger partial charge in [-0.15, -0.1) is 11.3 Å². The van der Waals surface area contributed by atoms with Crippen molar-refractivity contribution in [2.75, 3.05) is 6.61 Å². The maximum absolute atomic E-state index is 12.4. The van der Waals surface area contributed by atoms with Crippen molar-refractivity contribution >= 4 is 44.8 Å². The molecule has 0 saturated carbocycles. The molecule has 0 fully saturated rings. The Morgan fingerprint density at radius 3 is 2.74 bits per heavy atom. The number of hydrogen-bond acceptors (Lipinski definition) is 5. The average Bonchev–Trinajstić information content (AvgIpc) is 3.23. The first kappa shape index (κ1) is 19.5. The minimum atomic E-state index is -0.336. The van der Waals surface area contributed by atoms with E-state index in [0.29, 0.717) is 17.3 Å². The van der Waals surface area contributed by atoms with Crippen LogP contribution in [-0.2, 0) is 27.3 Å². The molecule has 0 atom stereocenters. The van der Waals surface area contributed by atoms with Gasteiger partial charge in [0.2, 0.25) is 0 Å². The van der Waals surface area contributed by atoms with Crippen molar-refractivity contribution in [3.8, 4) is 0 Å². The van der Waals surface area contributed by atoms with Gasteiger partial charge in [0, 0.05) is 4.88 Å². The summed E-state index contributed by atoms with van der Waals surface area (Å²) in [6, 6.07) is 9.99. The Hall–Kier alpha value is -2.25. The van der Waals surface area contributed by atoms with E-state index in [1.54, 1.807) is 11.5 Å². The Labute approximate surface area is 165 Å². The van der Waals surface area contributed by atoms with Gasteiger partial charge in [-0.25, -0.2) is 0 Å². The van der Waals surface area contributed by atoms with E-state index >= 15 is 0 Å². The molecule has 2 aromatic heterocycles. The maximum Gasteiger partial charge on any atom is 0.326 e. The van der Waals surface area contributed by atoms with Crippen LogP contribution in [0.5, 0.6) is 0 Å². The second-order valence-electron chi connectivity index (χ2n) is 6.42. The molecule has 7 heteroatoms. The topological polar surface area (TPSA) is 60.7 Å². The van der Waals surface area contributed by atoms with Gasteiger partial charge in [-0.2, -0.15) is 4.99 Å². The standard InChI is InChI=1S/C20H22N2O3S2/c1-4-25-19(24)12-22-16-8-7-14(13(2)3)10-17(16)27-20(22)21-18(23)11-15-6-5-9-26-15/h5-10,13H,4,11-12H2,1-3H3. The van der Waals surface area contributed by atoms with Crippen LogP contribution < -0.4 is 4.80 Å². The Kier molecular flexibility index (Phi) is 6.23. The van der Waals surface area contributed by atoms with E-state index in [0.717, 1.165) is 15.1 Å². The molecule has 0 unspecified atom stereocenters. The van der Waals surface area contributed by atoms with Crippen molar-refractivity contribution in [2.24, 2.45) is 4.99 Å². The van der Waals surface area contributed by atoms with Gasteiger partial charge in [0.15, 0.2) is 4.80 Å². The molecule has 0 N–H and O–H groups in total. The van der Waals surface area contributed by atoms with E-state index in [1.165, 1.54) is 28.2 Å². The number of aromatic nitrogens is 1. The number of carbonyl (C=O) groups excluding carboxylic acids is 2. The third-order valence-electron chi connectivity index (χ3n) is 4.09. The van der Waals surface area contributed by atoms with E-state index < -0.39 is 0 Å². The first-order valence-electron chi connectivity index (χ1n) is 8.86. The number of nitrogens with zero attached hydrogens (tertiary/aromatic N) is 2. The number of hydrogen-bond donors (Lipinski definition) is 0. The number of benzene rings is 1. The van der Waals surface area contributed by atoms with Gasteiger partial charge in [-0.05, 0) is 42.0 Å². The molecular formula is C20H22N2O3S2. The Bertz CT molecular complexity index is 1010. The number of rotatable bonds is 6. The molecule has 1 amide bonds. The van der Waals surface area contributed by atoms with Crippen LogP contribution in [0.3, 0.4) is 0 Å². The summed E-state index contributed by atoms with van der Waals surface area (Å²) in [4.78, 5) is 30.3. The zero-order chi connectivity index (χ0) is 19.4. The summed E-state index contributed by atoms with van der Waals surface area (Å²) < 4.78 is 7.87. The summed E-state index contributed by atoms with van der Waals surface area (Å²) in [5, 5.41) is 1.94. The summed E-state index contributed by atoms with van der Waals surface area (Å²) in [6.07, 6.45) is 0.266. The van der Waals surface area contributed by atoms with E-state index in [-0.39, 0.29) is 24.8 Å². The molecule has 0 aliphatic heterocycles. The van der Waals surface area contributed by atoms with E-state index in [2.05, 4.69) is 31.0 Å². The molecule has 0 aliphatic rings. The highest BCUT2D eigenvalue weighted by atomic mass is 32.1. The fourth-order valence-corrected chi connectivity index (χ4v) is 4.52. The van der Waals surface area contributed by atoms with Gasteiger partial charge in [-0.3, -0.25) is 9.59 Å². The largest absolute Gasteiger partial charge is 0.465 e. The predicted molar refractivity (Wildman–Crippen MR) is 109 cm³/mol.